The molecule has 3 aromatic rings. The molecule has 4 heterocycles. The Balaban J connectivity index is 1.51. The molecule has 10 nitrogen and oxygen atoms in total. The van der Waals surface area contributed by atoms with Crippen molar-refractivity contribution < 1.29 is 41.9 Å². The van der Waals surface area contributed by atoms with E-state index in [-0.39, 0.29) is 35.5 Å². The summed E-state index contributed by atoms with van der Waals surface area (Å²) in [4.78, 5) is 45.9. The molecule has 0 radical (unpaired) electrons. The predicted octanol–water partition coefficient (Wildman–Crippen LogP) is 4.52. The maximum Gasteiger partial charge on any atom is 0.493 e. The second-order valence-corrected chi connectivity index (χ2v) is 11.4. The Labute approximate surface area is 251 Å². The Hall–Kier alpha value is -4.10. The third kappa shape index (κ3) is 5.73. The van der Waals surface area contributed by atoms with Crippen LogP contribution in [0.3, 0.4) is 0 Å². The number of amides is 1. The molecule has 6 rings (SSSR count). The van der Waals surface area contributed by atoms with Gasteiger partial charge in [0.05, 0.1) is 24.5 Å². The molecule has 3 aliphatic rings. The first-order valence-electron chi connectivity index (χ1n) is 14.7. The average molecular weight is 615 g/mol. The number of esters is 1. The van der Waals surface area contributed by atoms with E-state index >= 15 is 0 Å². The Kier molecular flexibility index (Phi) is 8.25. The van der Waals surface area contributed by atoms with E-state index in [2.05, 4.69) is 5.32 Å². The Morgan fingerprint density at radius 3 is 2.59 bits per heavy atom. The van der Waals surface area contributed by atoms with E-state index in [0.29, 0.717) is 30.6 Å². The van der Waals surface area contributed by atoms with Crippen LogP contribution in [0.2, 0.25) is 0 Å². The number of methoxy groups -OCH3 is 1. The van der Waals surface area contributed by atoms with Gasteiger partial charge >= 0.3 is 18.1 Å². The highest BCUT2D eigenvalue weighted by atomic mass is 19.4. The number of alkyl halides is 3. The predicted molar refractivity (Wildman–Crippen MR) is 154 cm³/mol. The third-order valence-corrected chi connectivity index (χ3v) is 8.45. The number of aromatic nitrogens is 1. The van der Waals surface area contributed by atoms with Crippen LogP contribution in [0.5, 0.6) is 0 Å². The normalized spacial score (nSPS) is 22.3. The molecule has 44 heavy (non-hydrogen) atoms. The second kappa shape index (κ2) is 12.1. The number of hydrogen-bond acceptors (Lipinski definition) is 8. The van der Waals surface area contributed by atoms with E-state index in [0.717, 1.165) is 42.8 Å². The molecule has 3 atom stereocenters. The first-order chi connectivity index (χ1) is 21.2. The van der Waals surface area contributed by atoms with E-state index in [4.69, 9.17) is 14.3 Å². The molecule has 1 aromatic heterocycles. The van der Waals surface area contributed by atoms with Crippen molar-refractivity contribution in [3.63, 3.8) is 0 Å². The van der Waals surface area contributed by atoms with Gasteiger partial charge in [-0.15, -0.1) is 0 Å². The third-order valence-electron chi connectivity index (χ3n) is 8.45. The molecular weight excluding hydrogens is 581 g/mol. The van der Waals surface area contributed by atoms with Crippen LogP contribution >= 0.6 is 0 Å². The van der Waals surface area contributed by atoms with Gasteiger partial charge in [0.25, 0.3) is 5.91 Å². The van der Waals surface area contributed by atoms with Crippen molar-refractivity contribution in [3.05, 3.63) is 59.8 Å². The number of piperidine rings is 1. The molecule has 0 aliphatic carbocycles. The molecule has 2 saturated heterocycles. The number of fused-ring (bicyclic) bond motifs is 2. The summed E-state index contributed by atoms with van der Waals surface area (Å²) in [6, 6.07) is 9.98. The maximum absolute atomic E-state index is 14.6. The highest BCUT2D eigenvalue weighted by molar-refractivity contribution is 6.09. The van der Waals surface area contributed by atoms with Crippen molar-refractivity contribution in [2.24, 2.45) is 5.92 Å². The van der Waals surface area contributed by atoms with Crippen LogP contribution in [0.4, 0.5) is 24.5 Å². The fourth-order valence-corrected chi connectivity index (χ4v) is 6.36. The van der Waals surface area contributed by atoms with E-state index in [1.165, 1.54) is 30.2 Å². The number of nitrogens with one attached hydrogen (secondary N) is 1. The highest BCUT2D eigenvalue weighted by Gasteiger charge is 2.49. The minimum atomic E-state index is -5.32. The smallest absolute Gasteiger partial charge is 0.465 e. The summed E-state index contributed by atoms with van der Waals surface area (Å²) in [6.45, 7) is 2.87. The lowest BCUT2D eigenvalue weighted by Gasteiger charge is -2.42. The summed E-state index contributed by atoms with van der Waals surface area (Å²) in [5.74, 6) is -3.68. The van der Waals surface area contributed by atoms with Crippen LogP contribution in [-0.2, 0) is 30.4 Å². The lowest BCUT2D eigenvalue weighted by Crippen LogP contribution is -2.52. The van der Waals surface area contributed by atoms with E-state index in [9.17, 15) is 27.6 Å². The molecule has 2 fully saturated rings. The molecule has 234 valence electrons. The fraction of sp³-hybridized carbons (Fsp3) is 0.452. The topological polar surface area (TPSA) is 102 Å². The molecule has 2 aromatic carbocycles. The van der Waals surface area contributed by atoms with Gasteiger partial charge in [0.1, 0.15) is 5.69 Å². The molecule has 1 N–H and O–H groups in total. The minimum Gasteiger partial charge on any atom is -0.465 e. The maximum atomic E-state index is 14.6. The highest BCUT2D eigenvalue weighted by Crippen LogP contribution is 2.45. The van der Waals surface area contributed by atoms with Crippen molar-refractivity contribution in [1.29, 1.82) is 0 Å². The summed E-state index contributed by atoms with van der Waals surface area (Å²) in [5.41, 5.74) is 1.44. The molecule has 1 amide bonds. The number of carbonyl (C=O) groups excluding carboxylic acids is 3. The summed E-state index contributed by atoms with van der Waals surface area (Å²) in [7, 11) is 1.21. The first kappa shape index (κ1) is 29.9. The van der Waals surface area contributed by atoms with Crippen LogP contribution in [0.25, 0.3) is 10.9 Å². The number of hydroxylamine groups is 1. The van der Waals surface area contributed by atoms with Crippen molar-refractivity contribution >= 4 is 40.1 Å². The molecular formula is C31H33F3N4O6. The van der Waals surface area contributed by atoms with Crippen molar-refractivity contribution in [2.45, 2.75) is 50.6 Å². The van der Waals surface area contributed by atoms with Gasteiger partial charge in [-0.3, -0.25) is 4.79 Å². The molecule has 0 bridgehead atoms. The standard InChI is InChI=1S/C31H33F3N4O6/c1-42-29(40)20-10-11-25-26(14-20)37(16-19-6-4-12-35-15-19)28(39)27(38(25)44-30(41)31(32,33)34)23-18-36(17-21-7-5-13-43-21)24-9-3-2-8-22(23)24/h2-3,8-11,14,18-19,21,27,35H,4-7,12-13,15-17H2,1H3. The zero-order valence-electron chi connectivity index (χ0n) is 24.1. The molecule has 3 unspecified atom stereocenters. The number of nitrogens with zero attached hydrogens (tertiary/aromatic N) is 3. The summed E-state index contributed by atoms with van der Waals surface area (Å²) >= 11 is 0. The largest absolute Gasteiger partial charge is 0.493 e. The van der Waals surface area contributed by atoms with Gasteiger partial charge < -0.3 is 29.1 Å². The number of carbonyl (C=O) groups is 3. The number of ether oxygens (including phenoxy) is 2. The van der Waals surface area contributed by atoms with Gasteiger partial charge in [0, 0.05) is 42.4 Å². The van der Waals surface area contributed by atoms with Crippen LogP contribution in [-0.4, -0.2) is 68.0 Å². The van der Waals surface area contributed by atoms with Gasteiger partial charge in [-0.05, 0) is 69.0 Å². The summed E-state index contributed by atoms with van der Waals surface area (Å²) in [5, 5.41) is 4.69. The minimum absolute atomic E-state index is 0.0413. The number of benzene rings is 2. The Morgan fingerprint density at radius 2 is 1.89 bits per heavy atom. The van der Waals surface area contributed by atoms with Crippen LogP contribution in [0.15, 0.2) is 48.7 Å². The first-order valence-corrected chi connectivity index (χ1v) is 14.7. The lowest BCUT2D eigenvalue weighted by molar-refractivity contribution is -0.202. The fourth-order valence-electron chi connectivity index (χ4n) is 6.36. The Bertz CT molecular complexity index is 1560. The summed E-state index contributed by atoms with van der Waals surface area (Å²) < 4.78 is 53.5. The molecule has 0 saturated carbocycles. The van der Waals surface area contributed by atoms with E-state index < -0.39 is 30.1 Å². The monoisotopic (exact) mass is 614 g/mol. The average Bonchev–Trinajstić information content (AvgIpc) is 3.67. The number of anilines is 2. The van der Waals surface area contributed by atoms with Gasteiger partial charge in [-0.2, -0.15) is 18.2 Å². The lowest BCUT2D eigenvalue weighted by atomic mass is 9.95. The van der Waals surface area contributed by atoms with Crippen molar-refractivity contribution in [2.75, 3.05) is 43.3 Å². The van der Waals surface area contributed by atoms with Crippen LogP contribution in [0.1, 0.15) is 47.6 Å². The van der Waals surface area contributed by atoms with E-state index in [1.54, 1.807) is 18.3 Å². The van der Waals surface area contributed by atoms with Crippen LogP contribution in [0, 0.1) is 5.92 Å². The van der Waals surface area contributed by atoms with Gasteiger partial charge in [-0.25, -0.2) is 9.59 Å². The van der Waals surface area contributed by atoms with E-state index in [1.807, 2.05) is 16.7 Å². The van der Waals surface area contributed by atoms with Crippen molar-refractivity contribution in [1.82, 2.24) is 9.88 Å². The number of halogens is 3. The molecule has 13 heteroatoms. The Morgan fingerprint density at radius 1 is 1.07 bits per heavy atom. The van der Waals surface area contributed by atoms with Crippen LogP contribution < -0.4 is 15.3 Å². The zero-order chi connectivity index (χ0) is 31.0. The molecule has 3 aliphatic heterocycles. The number of hydrogen-bond donors (Lipinski definition) is 1. The zero-order valence-corrected chi connectivity index (χ0v) is 24.1. The van der Waals surface area contributed by atoms with Gasteiger partial charge in [-0.1, -0.05) is 18.2 Å². The van der Waals surface area contributed by atoms with Gasteiger partial charge in [0.2, 0.25) is 0 Å². The quantitative estimate of drug-likeness (QED) is 0.388. The molecule has 0 spiro atoms. The van der Waals surface area contributed by atoms with Crippen molar-refractivity contribution in [3.8, 4) is 0 Å². The number of para-hydroxylation sites is 1. The van der Waals surface area contributed by atoms with Gasteiger partial charge in [0.15, 0.2) is 6.04 Å². The SMILES string of the molecule is COC(=O)c1ccc2c(c1)N(CC1CCCNC1)C(=O)C(c1cn(CC3CCCO3)c3ccccc13)N2OC(=O)C(F)(F)F. The second-order valence-electron chi connectivity index (χ2n) is 11.4. The summed E-state index contributed by atoms with van der Waals surface area (Å²) in [6.07, 6.45) is -0.117. The number of rotatable bonds is 7.